The maximum Gasteiger partial charge on any atom is 0.255 e. The summed E-state index contributed by atoms with van der Waals surface area (Å²) in [5.41, 5.74) is 6.56. The molecule has 130 valence electrons. The second-order valence-corrected chi connectivity index (χ2v) is 5.29. The molecule has 1 heterocycles. The Morgan fingerprint density at radius 3 is 2.92 bits per heavy atom. The van der Waals surface area contributed by atoms with Gasteiger partial charge in [0.1, 0.15) is 18.2 Å². The molecule has 3 N–H and O–H groups in total. The summed E-state index contributed by atoms with van der Waals surface area (Å²) in [5.74, 6) is 5.36. The number of amides is 1. The Hall–Kier alpha value is -3.07. The number of carbonyl (C=O) groups is 1. The van der Waals surface area contributed by atoms with Crippen LogP contribution in [0.3, 0.4) is 0 Å². The molecule has 0 aliphatic rings. The summed E-state index contributed by atoms with van der Waals surface area (Å²) in [6, 6.07) is 9.76. The summed E-state index contributed by atoms with van der Waals surface area (Å²) in [6.45, 7) is 2.69. The molecule has 0 radical (unpaired) electrons. The smallest absolute Gasteiger partial charge is 0.255 e. The Bertz CT molecular complexity index is 797. The van der Waals surface area contributed by atoms with E-state index < -0.39 is 11.9 Å². The maximum absolute atomic E-state index is 12.9. The van der Waals surface area contributed by atoms with Crippen molar-refractivity contribution in [3.8, 4) is 17.6 Å². The Morgan fingerprint density at radius 1 is 1.32 bits per heavy atom. The first-order chi connectivity index (χ1) is 12.1. The van der Waals surface area contributed by atoms with Crippen molar-refractivity contribution in [3.05, 3.63) is 53.5 Å². The molecular weight excluding hydrogens is 321 g/mol. The lowest BCUT2D eigenvalue weighted by Crippen LogP contribution is -2.24. The van der Waals surface area contributed by atoms with Gasteiger partial charge in [0.15, 0.2) is 0 Å². The number of nitrogens with two attached hydrogens (primary N) is 1. The number of rotatable bonds is 6. The Labute approximate surface area is 146 Å². The van der Waals surface area contributed by atoms with Gasteiger partial charge in [-0.05, 0) is 36.2 Å². The molecule has 5 nitrogen and oxygen atoms in total. The molecule has 0 bridgehead atoms. The van der Waals surface area contributed by atoms with Gasteiger partial charge in [-0.3, -0.25) is 4.79 Å². The Kier molecular flexibility index (Phi) is 6.78. The van der Waals surface area contributed by atoms with E-state index in [1.54, 1.807) is 0 Å². The second-order valence-electron chi connectivity index (χ2n) is 5.29. The van der Waals surface area contributed by atoms with Gasteiger partial charge in [-0.2, -0.15) is 4.39 Å². The van der Waals surface area contributed by atoms with Crippen molar-refractivity contribution in [2.75, 3.05) is 12.3 Å². The van der Waals surface area contributed by atoms with Gasteiger partial charge in [0, 0.05) is 13.0 Å². The molecule has 25 heavy (non-hydrogen) atoms. The zero-order valence-electron chi connectivity index (χ0n) is 14.0. The molecule has 2 rings (SSSR count). The van der Waals surface area contributed by atoms with Crippen molar-refractivity contribution in [2.45, 2.75) is 26.3 Å². The largest absolute Gasteiger partial charge is 0.481 e. The third-order valence-corrected chi connectivity index (χ3v) is 3.30. The number of nitrogens with zero attached hydrogens (tertiary/aromatic N) is 1. The third kappa shape index (κ3) is 5.81. The van der Waals surface area contributed by atoms with Crippen molar-refractivity contribution >= 4 is 11.7 Å². The van der Waals surface area contributed by atoms with Crippen molar-refractivity contribution in [2.24, 2.45) is 0 Å². The van der Waals surface area contributed by atoms with Crippen molar-refractivity contribution < 1.29 is 13.9 Å². The summed E-state index contributed by atoms with van der Waals surface area (Å²) >= 11 is 0. The molecule has 1 amide bonds. The summed E-state index contributed by atoms with van der Waals surface area (Å²) in [7, 11) is 0. The number of aromatic nitrogens is 1. The molecule has 1 aromatic heterocycles. The highest BCUT2D eigenvalue weighted by molar-refractivity contribution is 5.98. The van der Waals surface area contributed by atoms with E-state index in [-0.39, 0.29) is 17.9 Å². The summed E-state index contributed by atoms with van der Waals surface area (Å²) in [6.07, 6.45) is 1.88. The number of benzene rings is 1. The van der Waals surface area contributed by atoms with Gasteiger partial charge in [0.05, 0.1) is 5.56 Å². The van der Waals surface area contributed by atoms with Gasteiger partial charge in [0.2, 0.25) is 5.95 Å². The lowest BCUT2D eigenvalue weighted by Gasteiger charge is -2.08. The van der Waals surface area contributed by atoms with Crippen LogP contribution in [-0.4, -0.2) is 17.5 Å². The van der Waals surface area contributed by atoms with E-state index in [0.717, 1.165) is 24.5 Å². The molecule has 0 saturated heterocycles. The van der Waals surface area contributed by atoms with Crippen LogP contribution in [0.25, 0.3) is 0 Å². The summed E-state index contributed by atoms with van der Waals surface area (Å²) < 4.78 is 18.5. The second kappa shape index (κ2) is 9.28. The number of nitrogen functional groups attached to an aromatic ring is 1. The van der Waals surface area contributed by atoms with Crippen LogP contribution in [0.5, 0.6) is 5.75 Å². The fourth-order valence-electron chi connectivity index (χ4n) is 2.05. The lowest BCUT2D eigenvalue weighted by molar-refractivity contribution is 0.0951. The first-order valence-corrected chi connectivity index (χ1v) is 7.98. The minimum Gasteiger partial charge on any atom is -0.481 e. The number of hydrogen-bond donors (Lipinski definition) is 2. The fraction of sp³-hybridized carbons (Fsp3) is 0.263. The van der Waals surface area contributed by atoms with Crippen LogP contribution in [-0.2, 0) is 6.54 Å². The van der Waals surface area contributed by atoms with Crippen molar-refractivity contribution in [3.63, 3.8) is 0 Å². The Balaban J connectivity index is 1.91. The first-order valence-electron chi connectivity index (χ1n) is 7.98. The number of nitrogens with one attached hydrogen (secondary N) is 1. The van der Waals surface area contributed by atoms with Crippen LogP contribution >= 0.6 is 0 Å². The minimum absolute atomic E-state index is 0.139. The molecule has 1 aromatic carbocycles. The molecule has 0 unspecified atom stereocenters. The van der Waals surface area contributed by atoms with Crippen LogP contribution in [0.15, 0.2) is 36.4 Å². The average molecular weight is 341 g/mol. The van der Waals surface area contributed by atoms with Crippen LogP contribution in [0, 0.1) is 17.8 Å². The van der Waals surface area contributed by atoms with Gasteiger partial charge in [-0.15, -0.1) is 0 Å². The molecule has 6 heteroatoms. The number of pyridine rings is 1. The van der Waals surface area contributed by atoms with E-state index in [0.29, 0.717) is 12.4 Å². The van der Waals surface area contributed by atoms with Crippen LogP contribution in [0.2, 0.25) is 0 Å². The lowest BCUT2D eigenvalue weighted by atomic mass is 10.2. The molecule has 0 fully saturated rings. The van der Waals surface area contributed by atoms with E-state index in [4.69, 9.17) is 10.5 Å². The predicted octanol–water partition coefficient (Wildman–Crippen LogP) is 2.92. The highest BCUT2D eigenvalue weighted by Gasteiger charge is 2.11. The van der Waals surface area contributed by atoms with Crippen molar-refractivity contribution in [1.82, 2.24) is 10.3 Å². The summed E-state index contributed by atoms with van der Waals surface area (Å²) in [4.78, 5) is 15.5. The highest BCUT2D eigenvalue weighted by Crippen LogP contribution is 2.14. The van der Waals surface area contributed by atoms with E-state index in [1.807, 2.05) is 24.3 Å². The number of hydrogen-bond acceptors (Lipinski definition) is 4. The number of carbonyl (C=O) groups excluding carboxylic acids is 1. The standard InChI is InChI=1S/C19H20FN3O2/c1-2-3-4-5-11-25-15-8-6-7-14(12-15)13-22-19(24)16-9-10-17(20)23-18(16)21/h6-10,12H,2-3,11,13H2,1H3,(H2,21,23)(H,22,24). The van der Waals surface area contributed by atoms with Crippen LogP contribution in [0.4, 0.5) is 10.2 Å². The number of halogens is 1. The van der Waals surface area contributed by atoms with E-state index >= 15 is 0 Å². The predicted molar refractivity (Wildman–Crippen MR) is 94.4 cm³/mol. The molecule has 2 aromatic rings. The maximum atomic E-state index is 12.9. The van der Waals surface area contributed by atoms with E-state index in [2.05, 4.69) is 29.1 Å². The summed E-state index contributed by atoms with van der Waals surface area (Å²) in [5, 5.41) is 2.72. The van der Waals surface area contributed by atoms with Gasteiger partial charge < -0.3 is 15.8 Å². The van der Waals surface area contributed by atoms with Gasteiger partial charge in [-0.25, -0.2) is 4.98 Å². The van der Waals surface area contributed by atoms with E-state index in [1.165, 1.54) is 6.07 Å². The van der Waals surface area contributed by atoms with E-state index in [9.17, 15) is 9.18 Å². The molecular formula is C19H20FN3O2. The minimum atomic E-state index is -0.721. The zero-order valence-corrected chi connectivity index (χ0v) is 14.0. The fourth-order valence-corrected chi connectivity index (χ4v) is 2.05. The Morgan fingerprint density at radius 2 is 2.16 bits per heavy atom. The third-order valence-electron chi connectivity index (χ3n) is 3.30. The van der Waals surface area contributed by atoms with Gasteiger partial charge in [0.25, 0.3) is 5.91 Å². The molecule has 0 atom stereocenters. The number of unbranched alkanes of at least 4 members (excludes halogenated alkanes) is 1. The molecule has 0 aliphatic carbocycles. The molecule has 0 spiro atoms. The SMILES string of the molecule is CCCC#CCOc1cccc(CNC(=O)c2ccc(F)nc2N)c1. The molecule has 0 saturated carbocycles. The molecule has 0 aliphatic heterocycles. The monoisotopic (exact) mass is 341 g/mol. The van der Waals surface area contributed by atoms with Gasteiger partial charge in [-0.1, -0.05) is 30.9 Å². The quantitative estimate of drug-likeness (QED) is 0.626. The normalized spacial score (nSPS) is 9.84. The first kappa shape index (κ1) is 18.3. The number of anilines is 1. The highest BCUT2D eigenvalue weighted by atomic mass is 19.1. The van der Waals surface area contributed by atoms with Crippen LogP contribution in [0.1, 0.15) is 35.7 Å². The topological polar surface area (TPSA) is 77.2 Å². The van der Waals surface area contributed by atoms with Crippen molar-refractivity contribution in [1.29, 1.82) is 0 Å². The number of ether oxygens (including phenoxy) is 1. The average Bonchev–Trinajstić information content (AvgIpc) is 2.60. The zero-order chi connectivity index (χ0) is 18.1. The van der Waals surface area contributed by atoms with Crippen LogP contribution < -0.4 is 15.8 Å². The van der Waals surface area contributed by atoms with Gasteiger partial charge >= 0.3 is 0 Å².